The minimum absolute atomic E-state index is 0.0367. The first-order valence-corrected chi connectivity index (χ1v) is 8.32. The highest BCUT2D eigenvalue weighted by molar-refractivity contribution is 7.13. The molecular weight excluding hydrogens is 302 g/mol. The third-order valence-electron chi connectivity index (χ3n) is 3.26. The van der Waals surface area contributed by atoms with Crippen LogP contribution in [-0.4, -0.2) is 50.2 Å². The van der Waals surface area contributed by atoms with E-state index in [2.05, 4.69) is 0 Å². The molecule has 0 bridgehead atoms. The Morgan fingerprint density at radius 1 is 1.36 bits per heavy atom. The number of thiophene rings is 1. The van der Waals surface area contributed by atoms with Gasteiger partial charge in [0.1, 0.15) is 0 Å². The van der Waals surface area contributed by atoms with Crippen molar-refractivity contribution in [3.63, 3.8) is 0 Å². The van der Waals surface area contributed by atoms with Crippen LogP contribution in [0.4, 0.5) is 0 Å². The molecule has 1 heterocycles. The van der Waals surface area contributed by atoms with Gasteiger partial charge in [0.2, 0.25) is 0 Å². The summed E-state index contributed by atoms with van der Waals surface area (Å²) in [4.78, 5) is 27.7. The fourth-order valence-corrected chi connectivity index (χ4v) is 2.92. The van der Waals surface area contributed by atoms with Gasteiger partial charge in [-0.05, 0) is 32.4 Å². The average Bonchev–Trinajstić information content (AvgIpc) is 2.95. The lowest BCUT2D eigenvalue weighted by Gasteiger charge is -2.24. The molecular formula is C16H25NO4S. The van der Waals surface area contributed by atoms with E-state index in [4.69, 9.17) is 9.47 Å². The van der Waals surface area contributed by atoms with Crippen molar-refractivity contribution in [1.29, 1.82) is 0 Å². The molecule has 0 unspecified atom stereocenters. The molecule has 124 valence electrons. The van der Waals surface area contributed by atoms with Gasteiger partial charge in [-0.1, -0.05) is 6.92 Å². The van der Waals surface area contributed by atoms with E-state index in [0.717, 1.165) is 11.3 Å². The lowest BCUT2D eigenvalue weighted by Crippen LogP contribution is -2.38. The Hall–Kier alpha value is -1.40. The second kappa shape index (κ2) is 9.58. The molecule has 1 aromatic rings. The first-order chi connectivity index (χ1) is 10.5. The molecule has 1 rings (SSSR count). The molecule has 0 aliphatic heterocycles. The summed E-state index contributed by atoms with van der Waals surface area (Å²) in [5, 5.41) is 0. The summed E-state index contributed by atoms with van der Waals surface area (Å²) < 4.78 is 10.1. The Kier molecular flexibility index (Phi) is 8.12. The summed E-state index contributed by atoms with van der Waals surface area (Å²) >= 11 is 1.47. The van der Waals surface area contributed by atoms with Crippen LogP contribution in [0.2, 0.25) is 0 Å². The van der Waals surface area contributed by atoms with Gasteiger partial charge in [0.15, 0.2) is 0 Å². The maximum atomic E-state index is 12.6. The molecule has 0 aliphatic rings. The smallest absolute Gasteiger partial charge is 0.310 e. The monoisotopic (exact) mass is 327 g/mol. The average molecular weight is 327 g/mol. The minimum atomic E-state index is -0.345. The van der Waals surface area contributed by atoms with Crippen molar-refractivity contribution >= 4 is 23.2 Å². The van der Waals surface area contributed by atoms with Crippen LogP contribution in [0, 0.1) is 12.8 Å². The number of hydrogen-bond acceptors (Lipinski definition) is 5. The lowest BCUT2D eigenvalue weighted by molar-refractivity contribution is -0.145. The van der Waals surface area contributed by atoms with Crippen LogP contribution in [0.1, 0.15) is 34.8 Å². The topological polar surface area (TPSA) is 55.8 Å². The van der Waals surface area contributed by atoms with Crippen molar-refractivity contribution in [3.05, 3.63) is 21.9 Å². The molecule has 5 nitrogen and oxygen atoms in total. The number of nitrogens with zero attached hydrogens (tertiary/aromatic N) is 1. The zero-order valence-corrected chi connectivity index (χ0v) is 14.6. The number of esters is 1. The number of ether oxygens (including phenoxy) is 2. The van der Waals surface area contributed by atoms with Gasteiger partial charge >= 0.3 is 5.97 Å². The van der Waals surface area contributed by atoms with Crippen molar-refractivity contribution in [2.75, 3.05) is 33.4 Å². The van der Waals surface area contributed by atoms with E-state index in [1.807, 2.05) is 26.0 Å². The molecule has 22 heavy (non-hydrogen) atoms. The van der Waals surface area contributed by atoms with Crippen LogP contribution in [0.15, 0.2) is 12.1 Å². The van der Waals surface area contributed by atoms with E-state index < -0.39 is 0 Å². The van der Waals surface area contributed by atoms with Crippen molar-refractivity contribution in [2.24, 2.45) is 5.92 Å². The quantitative estimate of drug-likeness (QED) is 0.517. The fourth-order valence-electron chi connectivity index (χ4n) is 2.09. The van der Waals surface area contributed by atoms with Gasteiger partial charge in [-0.3, -0.25) is 9.59 Å². The van der Waals surface area contributed by atoms with Gasteiger partial charge < -0.3 is 14.4 Å². The van der Waals surface area contributed by atoms with E-state index in [1.165, 1.54) is 18.4 Å². The number of methoxy groups -OCH3 is 1. The first kappa shape index (κ1) is 18.6. The van der Waals surface area contributed by atoms with Crippen LogP contribution in [0.5, 0.6) is 0 Å². The Bertz CT molecular complexity index is 486. The van der Waals surface area contributed by atoms with Gasteiger partial charge in [0.25, 0.3) is 5.91 Å². The van der Waals surface area contributed by atoms with Gasteiger partial charge in [0.05, 0.1) is 17.9 Å². The van der Waals surface area contributed by atoms with Crippen LogP contribution < -0.4 is 0 Å². The number of carbonyl (C=O) groups excluding carboxylic acids is 2. The van der Waals surface area contributed by atoms with Gasteiger partial charge in [-0.15, -0.1) is 11.3 Å². The van der Waals surface area contributed by atoms with Gasteiger partial charge in [-0.2, -0.15) is 0 Å². The Balaban J connectivity index is 2.72. The molecule has 0 spiro atoms. The largest absolute Gasteiger partial charge is 0.469 e. The zero-order valence-electron chi connectivity index (χ0n) is 13.8. The zero-order chi connectivity index (χ0) is 16.5. The van der Waals surface area contributed by atoms with Gasteiger partial charge in [-0.25, -0.2) is 0 Å². The molecule has 0 radical (unpaired) electrons. The standard InChI is InChI=1S/C16H25NO4S/c1-5-21-10-6-9-17(11-12(2)16(19)20-4)15(18)14-8-7-13(3)22-14/h7-8,12H,5-6,9-11H2,1-4H3/t12-/m0/s1. The lowest BCUT2D eigenvalue weighted by atomic mass is 10.1. The number of aryl methyl sites for hydroxylation is 1. The predicted molar refractivity (Wildman–Crippen MR) is 87.2 cm³/mol. The Labute approximate surface area is 136 Å². The third kappa shape index (κ3) is 5.77. The summed E-state index contributed by atoms with van der Waals surface area (Å²) in [6, 6.07) is 3.76. The minimum Gasteiger partial charge on any atom is -0.469 e. The number of hydrogen-bond donors (Lipinski definition) is 0. The second-order valence-corrected chi connectivity index (χ2v) is 6.42. The molecule has 6 heteroatoms. The van der Waals surface area contributed by atoms with Crippen molar-refractivity contribution in [1.82, 2.24) is 4.90 Å². The Morgan fingerprint density at radius 3 is 2.64 bits per heavy atom. The summed E-state index contributed by atoms with van der Waals surface area (Å²) in [6.45, 7) is 7.88. The molecule has 0 fully saturated rings. The SMILES string of the molecule is CCOCCCN(C[C@H](C)C(=O)OC)C(=O)c1ccc(C)s1. The molecule has 0 aliphatic carbocycles. The van der Waals surface area contributed by atoms with Crippen molar-refractivity contribution < 1.29 is 19.1 Å². The normalized spacial score (nSPS) is 12.0. The number of carbonyl (C=O) groups is 2. The maximum Gasteiger partial charge on any atom is 0.310 e. The Morgan fingerprint density at radius 2 is 2.09 bits per heavy atom. The highest BCUT2D eigenvalue weighted by Crippen LogP contribution is 2.18. The molecule has 1 aromatic heterocycles. The van der Waals surface area contributed by atoms with E-state index in [0.29, 0.717) is 31.2 Å². The number of amides is 1. The highest BCUT2D eigenvalue weighted by atomic mass is 32.1. The molecule has 0 saturated carbocycles. The van der Waals surface area contributed by atoms with E-state index >= 15 is 0 Å². The second-order valence-electron chi connectivity index (χ2n) is 5.14. The summed E-state index contributed by atoms with van der Waals surface area (Å²) in [7, 11) is 1.36. The van der Waals surface area contributed by atoms with Crippen LogP contribution in [0.25, 0.3) is 0 Å². The predicted octanol–water partition coefficient (Wildman–Crippen LogP) is 2.73. The highest BCUT2D eigenvalue weighted by Gasteiger charge is 2.23. The fraction of sp³-hybridized carbons (Fsp3) is 0.625. The molecule has 1 atom stereocenters. The van der Waals surface area contributed by atoms with Crippen molar-refractivity contribution in [3.8, 4) is 0 Å². The van der Waals surface area contributed by atoms with E-state index in [1.54, 1.807) is 11.8 Å². The molecule has 0 aromatic carbocycles. The summed E-state index contributed by atoms with van der Waals surface area (Å²) in [5.74, 6) is -0.683. The van der Waals surface area contributed by atoms with E-state index in [-0.39, 0.29) is 17.8 Å². The van der Waals surface area contributed by atoms with Crippen molar-refractivity contribution in [2.45, 2.75) is 27.2 Å². The molecule has 0 saturated heterocycles. The molecule has 1 amide bonds. The molecule has 0 N–H and O–H groups in total. The van der Waals surface area contributed by atoms with Crippen LogP contribution in [-0.2, 0) is 14.3 Å². The number of rotatable bonds is 9. The summed E-state index contributed by atoms with van der Waals surface area (Å²) in [5.41, 5.74) is 0. The first-order valence-electron chi connectivity index (χ1n) is 7.50. The third-order valence-corrected chi connectivity index (χ3v) is 4.25. The summed E-state index contributed by atoms with van der Waals surface area (Å²) in [6.07, 6.45) is 0.748. The van der Waals surface area contributed by atoms with E-state index in [9.17, 15) is 9.59 Å². The van der Waals surface area contributed by atoms with Gasteiger partial charge in [0, 0.05) is 31.2 Å². The van der Waals surface area contributed by atoms with Crippen LogP contribution in [0.3, 0.4) is 0 Å². The van der Waals surface area contributed by atoms with Crippen LogP contribution >= 0.6 is 11.3 Å². The maximum absolute atomic E-state index is 12.6.